The van der Waals surface area contributed by atoms with Gasteiger partial charge in [-0.25, -0.2) is 4.98 Å². The molecule has 0 saturated heterocycles. The lowest BCUT2D eigenvalue weighted by Gasteiger charge is -2.22. The normalized spacial score (nSPS) is 17.3. The number of aromatic nitrogens is 4. The molecular weight excluding hydrogens is 294 g/mol. The van der Waals surface area contributed by atoms with E-state index in [2.05, 4.69) is 22.0 Å². The molecule has 2 N–H and O–H groups in total. The van der Waals surface area contributed by atoms with E-state index in [1.807, 2.05) is 6.92 Å². The van der Waals surface area contributed by atoms with E-state index in [0.717, 1.165) is 25.7 Å². The lowest BCUT2D eigenvalue weighted by atomic mass is 9.98. The van der Waals surface area contributed by atoms with E-state index >= 15 is 0 Å². The van der Waals surface area contributed by atoms with Gasteiger partial charge in [-0.1, -0.05) is 19.8 Å². The fourth-order valence-electron chi connectivity index (χ4n) is 2.99. The molecule has 3 rings (SSSR count). The van der Waals surface area contributed by atoms with Crippen LogP contribution in [0.1, 0.15) is 58.8 Å². The van der Waals surface area contributed by atoms with Crippen LogP contribution in [-0.2, 0) is 0 Å². The van der Waals surface area contributed by atoms with E-state index in [-0.39, 0.29) is 18.2 Å². The van der Waals surface area contributed by atoms with Crippen molar-refractivity contribution in [1.82, 2.24) is 19.6 Å². The topological polar surface area (TPSA) is 87.6 Å². The maximum absolute atomic E-state index is 6.07. The Morgan fingerprint density at radius 1 is 1.35 bits per heavy atom. The first-order valence-corrected chi connectivity index (χ1v) is 8.52. The molecule has 1 atom stereocenters. The van der Waals surface area contributed by atoms with Gasteiger partial charge >= 0.3 is 6.01 Å². The van der Waals surface area contributed by atoms with E-state index in [1.54, 1.807) is 10.7 Å². The third kappa shape index (κ3) is 3.65. The Bertz CT molecular complexity index is 651. The Hall–Kier alpha value is -2.05. The number of nitrogen functional groups attached to an aromatic ring is 1. The quantitative estimate of drug-likeness (QED) is 0.880. The van der Waals surface area contributed by atoms with Crippen molar-refractivity contribution in [1.29, 1.82) is 0 Å². The molecule has 1 aliphatic rings. The van der Waals surface area contributed by atoms with Crippen molar-refractivity contribution in [2.24, 2.45) is 0 Å². The molecule has 0 bridgehead atoms. The molecular formula is C16H25N5O2. The first-order valence-electron chi connectivity index (χ1n) is 8.52. The Kier molecular flexibility index (Phi) is 4.83. The largest absolute Gasteiger partial charge is 0.473 e. The molecule has 126 valence electrons. The predicted octanol–water partition coefficient (Wildman–Crippen LogP) is 2.99. The zero-order chi connectivity index (χ0) is 16.2. The minimum Gasteiger partial charge on any atom is -0.473 e. The van der Waals surface area contributed by atoms with Crippen molar-refractivity contribution in [3.8, 4) is 11.9 Å². The number of imidazole rings is 1. The molecule has 7 nitrogen and oxygen atoms in total. The minimum absolute atomic E-state index is 0.0445. The fraction of sp³-hybridized carbons (Fsp3) is 0.688. The Balaban J connectivity index is 1.83. The number of hydrogen-bond acceptors (Lipinski definition) is 6. The molecule has 2 aromatic rings. The van der Waals surface area contributed by atoms with Gasteiger partial charge in [-0.2, -0.15) is 9.50 Å². The SMILES string of the molecule is CCC[C@H](C)Oc1nc(N)c2ncc(OC3CCCCC3)n2n1. The summed E-state index contributed by atoms with van der Waals surface area (Å²) >= 11 is 0. The number of ether oxygens (including phenoxy) is 2. The van der Waals surface area contributed by atoms with Crippen LogP contribution >= 0.6 is 0 Å². The van der Waals surface area contributed by atoms with Crippen LogP contribution in [0.2, 0.25) is 0 Å². The highest BCUT2D eigenvalue weighted by Gasteiger charge is 2.19. The highest BCUT2D eigenvalue weighted by Crippen LogP contribution is 2.25. The van der Waals surface area contributed by atoms with Crippen LogP contribution in [0.5, 0.6) is 11.9 Å². The van der Waals surface area contributed by atoms with Crippen molar-refractivity contribution in [2.45, 2.75) is 71.0 Å². The summed E-state index contributed by atoms with van der Waals surface area (Å²) in [5.41, 5.74) is 6.49. The van der Waals surface area contributed by atoms with Gasteiger partial charge in [0.2, 0.25) is 11.5 Å². The summed E-state index contributed by atoms with van der Waals surface area (Å²) in [4.78, 5) is 8.46. The Labute approximate surface area is 136 Å². The van der Waals surface area contributed by atoms with E-state index in [0.29, 0.717) is 17.3 Å². The number of nitrogens with two attached hydrogens (primary N) is 1. The standard InChI is InChI=1S/C16H25N5O2/c1-3-7-11(2)22-16-19-14(17)15-18-10-13(21(15)20-16)23-12-8-5-4-6-9-12/h10-12H,3-9H2,1-2H3,(H2,17,19,20)/t11-/m0/s1. The van der Waals surface area contributed by atoms with Gasteiger partial charge in [0.25, 0.3) is 0 Å². The van der Waals surface area contributed by atoms with Crippen molar-refractivity contribution in [2.75, 3.05) is 5.73 Å². The van der Waals surface area contributed by atoms with Crippen LogP contribution in [0, 0.1) is 0 Å². The van der Waals surface area contributed by atoms with Gasteiger partial charge in [-0.05, 0) is 39.0 Å². The summed E-state index contributed by atoms with van der Waals surface area (Å²) in [6.07, 6.45) is 9.77. The fourth-order valence-corrected chi connectivity index (χ4v) is 2.99. The summed E-state index contributed by atoms with van der Waals surface area (Å²) in [6, 6.07) is 0.266. The van der Waals surface area contributed by atoms with Gasteiger partial charge in [-0.15, -0.1) is 5.10 Å². The number of rotatable bonds is 6. The molecule has 0 amide bonds. The van der Waals surface area contributed by atoms with Crippen molar-refractivity contribution in [3.63, 3.8) is 0 Å². The lowest BCUT2D eigenvalue weighted by molar-refractivity contribution is 0.143. The molecule has 0 aromatic carbocycles. The van der Waals surface area contributed by atoms with Gasteiger partial charge in [0.15, 0.2) is 5.82 Å². The maximum atomic E-state index is 6.07. The second kappa shape index (κ2) is 7.02. The highest BCUT2D eigenvalue weighted by molar-refractivity contribution is 5.60. The zero-order valence-corrected chi connectivity index (χ0v) is 13.9. The molecule has 1 aliphatic carbocycles. The van der Waals surface area contributed by atoms with Crippen LogP contribution < -0.4 is 15.2 Å². The van der Waals surface area contributed by atoms with Crippen LogP contribution in [0.15, 0.2) is 6.20 Å². The summed E-state index contributed by atoms with van der Waals surface area (Å²) in [7, 11) is 0. The summed E-state index contributed by atoms with van der Waals surface area (Å²) < 4.78 is 13.4. The minimum atomic E-state index is 0.0445. The molecule has 1 saturated carbocycles. The van der Waals surface area contributed by atoms with Gasteiger partial charge in [0.05, 0.1) is 12.3 Å². The molecule has 0 radical (unpaired) electrons. The summed E-state index contributed by atoms with van der Waals surface area (Å²) in [5, 5.41) is 4.40. The monoisotopic (exact) mass is 319 g/mol. The second-order valence-corrected chi connectivity index (χ2v) is 6.21. The van der Waals surface area contributed by atoms with Gasteiger partial charge in [-0.3, -0.25) is 0 Å². The van der Waals surface area contributed by atoms with Gasteiger partial charge in [0.1, 0.15) is 6.10 Å². The maximum Gasteiger partial charge on any atom is 0.336 e. The summed E-state index contributed by atoms with van der Waals surface area (Å²) in [5.74, 6) is 0.909. The molecule has 2 heterocycles. The number of anilines is 1. The smallest absolute Gasteiger partial charge is 0.336 e. The average molecular weight is 319 g/mol. The number of hydrogen-bond donors (Lipinski definition) is 1. The second-order valence-electron chi connectivity index (χ2n) is 6.21. The van der Waals surface area contributed by atoms with Gasteiger partial charge < -0.3 is 15.2 Å². The van der Waals surface area contributed by atoms with Crippen LogP contribution in [-0.4, -0.2) is 31.8 Å². The van der Waals surface area contributed by atoms with Crippen molar-refractivity contribution < 1.29 is 9.47 Å². The van der Waals surface area contributed by atoms with Gasteiger partial charge in [0, 0.05) is 0 Å². The Morgan fingerprint density at radius 2 is 2.13 bits per heavy atom. The molecule has 0 aliphatic heterocycles. The molecule has 2 aromatic heterocycles. The average Bonchev–Trinajstić information content (AvgIpc) is 2.92. The van der Waals surface area contributed by atoms with E-state index in [1.165, 1.54) is 19.3 Å². The first-order chi connectivity index (χ1) is 11.2. The Morgan fingerprint density at radius 3 is 2.87 bits per heavy atom. The zero-order valence-electron chi connectivity index (χ0n) is 13.9. The number of nitrogens with zero attached hydrogens (tertiary/aromatic N) is 4. The molecule has 23 heavy (non-hydrogen) atoms. The van der Waals surface area contributed by atoms with Crippen molar-refractivity contribution >= 4 is 11.5 Å². The van der Waals surface area contributed by atoms with E-state index in [9.17, 15) is 0 Å². The molecule has 7 heteroatoms. The predicted molar refractivity (Wildman–Crippen MR) is 87.7 cm³/mol. The first kappa shape index (κ1) is 15.8. The number of fused-ring (bicyclic) bond motifs is 1. The highest BCUT2D eigenvalue weighted by atomic mass is 16.5. The third-order valence-electron chi connectivity index (χ3n) is 4.18. The molecule has 0 spiro atoms. The molecule has 1 fully saturated rings. The van der Waals surface area contributed by atoms with Crippen LogP contribution in [0.3, 0.4) is 0 Å². The lowest BCUT2D eigenvalue weighted by Crippen LogP contribution is -2.21. The van der Waals surface area contributed by atoms with Crippen LogP contribution in [0.4, 0.5) is 5.82 Å². The van der Waals surface area contributed by atoms with Crippen molar-refractivity contribution in [3.05, 3.63) is 6.20 Å². The third-order valence-corrected chi connectivity index (χ3v) is 4.18. The van der Waals surface area contributed by atoms with E-state index in [4.69, 9.17) is 15.2 Å². The molecule has 0 unspecified atom stereocenters. The van der Waals surface area contributed by atoms with E-state index < -0.39 is 0 Å². The van der Waals surface area contributed by atoms with Crippen LogP contribution in [0.25, 0.3) is 5.65 Å². The summed E-state index contributed by atoms with van der Waals surface area (Å²) in [6.45, 7) is 4.12.